The molecule has 6 nitrogen and oxygen atoms in total. The second-order valence-electron chi connectivity index (χ2n) is 4.64. The summed E-state index contributed by atoms with van der Waals surface area (Å²) in [6.07, 6.45) is 2.09. The van der Waals surface area contributed by atoms with E-state index < -0.39 is 10.9 Å². The van der Waals surface area contributed by atoms with Crippen LogP contribution in [0, 0.1) is 10.1 Å². The molecule has 0 saturated carbocycles. The molecule has 1 aromatic carbocycles. The summed E-state index contributed by atoms with van der Waals surface area (Å²) in [5.41, 5.74) is -0.101. The van der Waals surface area contributed by atoms with Gasteiger partial charge in [-0.1, -0.05) is 12.1 Å². The molecule has 1 aromatic rings. The predicted molar refractivity (Wildman–Crippen MR) is 77.2 cm³/mol. The van der Waals surface area contributed by atoms with E-state index in [9.17, 15) is 20.0 Å². The molecule has 0 spiro atoms. The van der Waals surface area contributed by atoms with Crippen molar-refractivity contribution in [3.63, 3.8) is 0 Å². The first-order valence-corrected chi connectivity index (χ1v) is 7.55. The van der Waals surface area contributed by atoms with Crippen molar-refractivity contribution in [3.8, 4) is 0 Å². The Bertz CT molecular complexity index is 515. The number of benzene rings is 1. The van der Waals surface area contributed by atoms with E-state index >= 15 is 0 Å². The van der Waals surface area contributed by atoms with Gasteiger partial charge in [0.05, 0.1) is 4.92 Å². The first-order valence-electron chi connectivity index (χ1n) is 6.40. The van der Waals surface area contributed by atoms with E-state index in [1.165, 1.54) is 12.1 Å². The van der Waals surface area contributed by atoms with Gasteiger partial charge in [-0.15, -0.1) is 0 Å². The van der Waals surface area contributed by atoms with Crippen LogP contribution in [0.25, 0.3) is 0 Å². The zero-order chi connectivity index (χ0) is 14.5. The minimum atomic E-state index is -1.26. The third-order valence-corrected chi connectivity index (χ3v) is 4.39. The molecule has 1 saturated heterocycles. The fraction of sp³-hybridized carbons (Fsp3) is 0.462. The van der Waals surface area contributed by atoms with Gasteiger partial charge in [0.1, 0.15) is 5.56 Å². The number of hydrogen-bond donors (Lipinski definition) is 2. The Morgan fingerprint density at radius 1 is 1.45 bits per heavy atom. The molecule has 0 aromatic heterocycles. The highest BCUT2D eigenvalue weighted by Crippen LogP contribution is 2.23. The lowest BCUT2D eigenvalue weighted by atomic mass is 10.0. The van der Waals surface area contributed by atoms with Gasteiger partial charge in [-0.25, -0.2) is 4.79 Å². The van der Waals surface area contributed by atoms with Gasteiger partial charge < -0.3 is 10.4 Å². The molecular formula is C13H16N2O4S. The Balaban J connectivity index is 2.16. The Morgan fingerprint density at radius 3 is 2.75 bits per heavy atom. The normalized spacial score (nSPS) is 16.0. The number of hydrogen-bond acceptors (Lipinski definition) is 5. The van der Waals surface area contributed by atoms with Gasteiger partial charge in [0.15, 0.2) is 0 Å². The third kappa shape index (κ3) is 3.49. The largest absolute Gasteiger partial charge is 0.477 e. The fourth-order valence-electron chi connectivity index (χ4n) is 2.29. The number of carboxylic acid groups (broad SMARTS) is 1. The van der Waals surface area contributed by atoms with Gasteiger partial charge in [-0.05, 0) is 29.9 Å². The monoisotopic (exact) mass is 296 g/mol. The van der Waals surface area contributed by atoms with Gasteiger partial charge in [0.25, 0.3) is 5.69 Å². The number of nitro groups is 1. The van der Waals surface area contributed by atoms with Crippen molar-refractivity contribution < 1.29 is 14.8 Å². The number of carbonyl (C=O) groups is 1. The van der Waals surface area contributed by atoms with Crippen LogP contribution in [0.3, 0.4) is 0 Å². The third-order valence-electron chi connectivity index (χ3n) is 3.34. The number of rotatable bonds is 5. The topological polar surface area (TPSA) is 92.5 Å². The maximum atomic E-state index is 11.3. The molecule has 7 heteroatoms. The van der Waals surface area contributed by atoms with Crippen LogP contribution in [0.5, 0.6) is 0 Å². The highest BCUT2D eigenvalue weighted by atomic mass is 32.2. The van der Waals surface area contributed by atoms with Gasteiger partial charge >= 0.3 is 5.97 Å². The molecule has 2 N–H and O–H groups in total. The molecule has 0 amide bonds. The number of carboxylic acids is 1. The SMILES string of the molecule is O=C(O)c1c(CNC2CCSCC2)cccc1[N+](=O)[O-]. The van der Waals surface area contributed by atoms with Crippen LogP contribution in [0.4, 0.5) is 5.69 Å². The maximum absolute atomic E-state index is 11.3. The summed E-state index contributed by atoms with van der Waals surface area (Å²) in [5, 5.41) is 23.4. The molecule has 0 radical (unpaired) electrons. The van der Waals surface area contributed by atoms with Crippen LogP contribution >= 0.6 is 11.8 Å². The second kappa shape index (κ2) is 6.71. The average molecular weight is 296 g/mol. The van der Waals surface area contributed by atoms with E-state index in [0.29, 0.717) is 18.2 Å². The van der Waals surface area contributed by atoms with Crippen molar-refractivity contribution in [2.45, 2.75) is 25.4 Å². The van der Waals surface area contributed by atoms with Crippen molar-refractivity contribution in [1.82, 2.24) is 5.32 Å². The van der Waals surface area contributed by atoms with Gasteiger partial charge in [0, 0.05) is 18.7 Å². The molecule has 1 fully saturated rings. The fourth-order valence-corrected chi connectivity index (χ4v) is 3.40. The molecule has 0 unspecified atom stereocenters. The van der Waals surface area contributed by atoms with E-state index in [0.717, 1.165) is 24.3 Å². The first-order chi connectivity index (χ1) is 9.59. The van der Waals surface area contributed by atoms with Crippen LogP contribution in [-0.4, -0.2) is 33.5 Å². The van der Waals surface area contributed by atoms with E-state index in [2.05, 4.69) is 5.32 Å². The number of nitrogens with zero attached hydrogens (tertiary/aromatic N) is 1. The molecule has 20 heavy (non-hydrogen) atoms. The summed E-state index contributed by atoms with van der Waals surface area (Å²) >= 11 is 1.91. The van der Waals surface area contributed by atoms with Crippen molar-refractivity contribution >= 4 is 23.4 Å². The molecule has 0 aliphatic carbocycles. The quantitative estimate of drug-likeness (QED) is 0.639. The Hall–Kier alpha value is -1.60. The lowest BCUT2D eigenvalue weighted by molar-refractivity contribution is -0.385. The van der Waals surface area contributed by atoms with Crippen molar-refractivity contribution in [3.05, 3.63) is 39.4 Å². The van der Waals surface area contributed by atoms with Crippen LogP contribution in [0.2, 0.25) is 0 Å². The van der Waals surface area contributed by atoms with E-state index in [-0.39, 0.29) is 11.3 Å². The van der Waals surface area contributed by atoms with Crippen LogP contribution in [0.15, 0.2) is 18.2 Å². The van der Waals surface area contributed by atoms with Gasteiger partial charge in [0.2, 0.25) is 0 Å². The van der Waals surface area contributed by atoms with Crippen LogP contribution in [0.1, 0.15) is 28.8 Å². The number of thioether (sulfide) groups is 1. The highest BCUT2D eigenvalue weighted by molar-refractivity contribution is 7.99. The zero-order valence-electron chi connectivity index (χ0n) is 10.9. The summed E-state index contributed by atoms with van der Waals surface area (Å²) < 4.78 is 0. The highest BCUT2D eigenvalue weighted by Gasteiger charge is 2.23. The van der Waals surface area contributed by atoms with Crippen molar-refractivity contribution in [1.29, 1.82) is 0 Å². The molecule has 1 heterocycles. The summed E-state index contributed by atoms with van der Waals surface area (Å²) in [7, 11) is 0. The van der Waals surface area contributed by atoms with Crippen LogP contribution < -0.4 is 5.32 Å². The minimum absolute atomic E-state index is 0.213. The lowest BCUT2D eigenvalue weighted by Crippen LogP contribution is -2.32. The molecular weight excluding hydrogens is 280 g/mol. The Morgan fingerprint density at radius 2 is 2.15 bits per heavy atom. The summed E-state index contributed by atoms with van der Waals surface area (Å²) in [5.74, 6) is 0.935. The smallest absolute Gasteiger partial charge is 0.343 e. The van der Waals surface area contributed by atoms with E-state index in [1.54, 1.807) is 6.07 Å². The molecule has 1 aliphatic heterocycles. The number of nitro benzene ring substituents is 1. The van der Waals surface area contributed by atoms with Crippen LogP contribution in [-0.2, 0) is 6.54 Å². The second-order valence-corrected chi connectivity index (χ2v) is 5.87. The molecule has 108 valence electrons. The number of aromatic carboxylic acids is 1. The van der Waals surface area contributed by atoms with Gasteiger partial charge in [-0.3, -0.25) is 10.1 Å². The van der Waals surface area contributed by atoms with Crippen molar-refractivity contribution in [2.24, 2.45) is 0 Å². The Labute approximate surface area is 120 Å². The summed E-state index contributed by atoms with van der Waals surface area (Å²) in [4.78, 5) is 21.5. The molecule has 0 bridgehead atoms. The molecule has 2 rings (SSSR count). The minimum Gasteiger partial charge on any atom is -0.477 e. The maximum Gasteiger partial charge on any atom is 0.343 e. The predicted octanol–water partition coefficient (Wildman–Crippen LogP) is 2.28. The lowest BCUT2D eigenvalue weighted by Gasteiger charge is -2.22. The number of nitrogens with one attached hydrogen (secondary N) is 1. The Kier molecular flexibility index (Phi) is 4.97. The van der Waals surface area contributed by atoms with Crippen molar-refractivity contribution in [2.75, 3.05) is 11.5 Å². The molecule has 0 atom stereocenters. The summed E-state index contributed by atoms with van der Waals surface area (Å²) in [6, 6.07) is 4.74. The first kappa shape index (κ1) is 14.8. The van der Waals surface area contributed by atoms with E-state index in [4.69, 9.17) is 0 Å². The van der Waals surface area contributed by atoms with E-state index in [1.807, 2.05) is 11.8 Å². The molecule has 1 aliphatic rings. The average Bonchev–Trinajstić information content (AvgIpc) is 2.45. The standard InChI is InChI=1S/C13H16N2O4S/c16-13(17)12-9(2-1-3-11(12)15(18)19)8-14-10-4-6-20-7-5-10/h1-3,10,14H,4-8H2,(H,16,17). The summed E-state index contributed by atoms with van der Waals surface area (Å²) in [6.45, 7) is 0.346. The zero-order valence-corrected chi connectivity index (χ0v) is 11.7. The van der Waals surface area contributed by atoms with Gasteiger partial charge in [-0.2, -0.15) is 11.8 Å².